The summed E-state index contributed by atoms with van der Waals surface area (Å²) in [7, 11) is 1.59. The smallest absolute Gasteiger partial charge is 0.303 e. The van der Waals surface area contributed by atoms with Crippen molar-refractivity contribution in [2.24, 2.45) is 0 Å². The van der Waals surface area contributed by atoms with E-state index in [0.717, 1.165) is 37.2 Å². The van der Waals surface area contributed by atoms with Crippen molar-refractivity contribution < 1.29 is 14.6 Å². The third-order valence-electron chi connectivity index (χ3n) is 4.70. The summed E-state index contributed by atoms with van der Waals surface area (Å²) < 4.78 is 6.37. The van der Waals surface area contributed by atoms with E-state index in [0.29, 0.717) is 23.7 Å². The number of carboxylic acid groups (broad SMARTS) is 1. The largest absolute Gasteiger partial charge is 0.495 e. The Morgan fingerprint density at radius 3 is 2.83 bits per heavy atom. The first-order chi connectivity index (χ1) is 14.0. The second-order valence-electron chi connectivity index (χ2n) is 6.66. The molecule has 29 heavy (non-hydrogen) atoms. The molecular formula is C22H19ClN2O3S. The van der Waals surface area contributed by atoms with Crippen LogP contribution >= 0.6 is 22.9 Å². The van der Waals surface area contributed by atoms with Gasteiger partial charge in [-0.25, -0.2) is 4.98 Å². The number of aromatic nitrogens is 1. The van der Waals surface area contributed by atoms with Gasteiger partial charge in [0.2, 0.25) is 0 Å². The van der Waals surface area contributed by atoms with Gasteiger partial charge in [0.25, 0.3) is 0 Å². The number of carboxylic acids is 1. The van der Waals surface area contributed by atoms with Crippen LogP contribution in [0, 0.1) is 0 Å². The van der Waals surface area contributed by atoms with E-state index < -0.39 is 5.97 Å². The summed E-state index contributed by atoms with van der Waals surface area (Å²) in [4.78, 5) is 16.6. The van der Waals surface area contributed by atoms with Crippen molar-refractivity contribution >= 4 is 54.9 Å². The SMILES string of the molecule is COc1ccc(CNc2cc(CCC(=O)O)nc3sc4ccccc4c23)cc1Cl. The first kappa shape index (κ1) is 19.5. The molecule has 0 atom stereocenters. The molecule has 2 aromatic carbocycles. The molecule has 0 fully saturated rings. The number of anilines is 1. The van der Waals surface area contributed by atoms with Crippen LogP contribution in [-0.2, 0) is 17.8 Å². The van der Waals surface area contributed by atoms with Crippen LogP contribution in [0.25, 0.3) is 20.3 Å². The average molecular weight is 427 g/mol. The second kappa shape index (κ2) is 8.27. The van der Waals surface area contributed by atoms with Crippen LogP contribution < -0.4 is 10.1 Å². The van der Waals surface area contributed by atoms with E-state index in [4.69, 9.17) is 26.4 Å². The molecule has 0 radical (unpaired) electrons. The van der Waals surface area contributed by atoms with E-state index in [9.17, 15) is 4.79 Å². The van der Waals surface area contributed by atoms with Crippen molar-refractivity contribution in [3.05, 3.63) is 64.8 Å². The van der Waals surface area contributed by atoms with Crippen molar-refractivity contribution in [2.75, 3.05) is 12.4 Å². The van der Waals surface area contributed by atoms with Gasteiger partial charge in [0.1, 0.15) is 10.6 Å². The van der Waals surface area contributed by atoms with Crippen molar-refractivity contribution in [1.29, 1.82) is 0 Å². The summed E-state index contributed by atoms with van der Waals surface area (Å²) in [6.07, 6.45) is 0.444. The zero-order chi connectivity index (χ0) is 20.4. The minimum Gasteiger partial charge on any atom is -0.495 e. The number of methoxy groups -OCH3 is 1. The molecule has 0 unspecified atom stereocenters. The van der Waals surface area contributed by atoms with Crippen LogP contribution in [0.2, 0.25) is 5.02 Å². The molecule has 0 spiro atoms. The lowest BCUT2D eigenvalue weighted by Crippen LogP contribution is -2.03. The summed E-state index contributed by atoms with van der Waals surface area (Å²) in [5.41, 5.74) is 2.73. The number of pyridine rings is 1. The van der Waals surface area contributed by atoms with Crippen molar-refractivity contribution in [2.45, 2.75) is 19.4 Å². The first-order valence-corrected chi connectivity index (χ1v) is 10.3. The molecule has 0 bridgehead atoms. The van der Waals surface area contributed by atoms with Crippen molar-refractivity contribution in [3.8, 4) is 5.75 Å². The predicted octanol–water partition coefficient (Wildman–Crippen LogP) is 5.74. The van der Waals surface area contributed by atoms with Gasteiger partial charge in [-0.1, -0.05) is 35.9 Å². The summed E-state index contributed by atoms with van der Waals surface area (Å²) in [5, 5.41) is 15.3. The molecule has 0 aliphatic carbocycles. The van der Waals surface area contributed by atoms with Crippen LogP contribution in [0.15, 0.2) is 48.5 Å². The predicted molar refractivity (Wildman–Crippen MR) is 118 cm³/mol. The molecule has 4 aromatic rings. The fourth-order valence-corrected chi connectivity index (χ4v) is 4.69. The van der Waals surface area contributed by atoms with Crippen LogP contribution in [0.1, 0.15) is 17.7 Å². The molecule has 4 rings (SSSR count). The normalized spacial score (nSPS) is 11.1. The van der Waals surface area contributed by atoms with Gasteiger partial charge < -0.3 is 15.2 Å². The molecule has 2 aromatic heterocycles. The van der Waals surface area contributed by atoms with Crippen LogP contribution in [0.4, 0.5) is 5.69 Å². The van der Waals surface area contributed by atoms with Gasteiger partial charge in [-0.05, 0) is 29.8 Å². The molecule has 0 saturated heterocycles. The fraction of sp³-hybridized carbons (Fsp3) is 0.182. The molecule has 148 valence electrons. The zero-order valence-corrected chi connectivity index (χ0v) is 17.3. The number of hydrogen-bond acceptors (Lipinski definition) is 5. The highest BCUT2D eigenvalue weighted by atomic mass is 35.5. The van der Waals surface area contributed by atoms with Gasteiger partial charge in [0, 0.05) is 39.8 Å². The third kappa shape index (κ3) is 4.13. The minimum absolute atomic E-state index is 0.0525. The molecule has 2 heterocycles. The molecule has 0 amide bonds. The molecule has 2 N–H and O–H groups in total. The lowest BCUT2D eigenvalue weighted by molar-refractivity contribution is -0.136. The Labute approximate surface area is 176 Å². The Kier molecular flexibility index (Phi) is 5.56. The molecule has 7 heteroatoms. The number of thiophene rings is 1. The number of halogens is 1. The Morgan fingerprint density at radius 1 is 1.24 bits per heavy atom. The van der Waals surface area contributed by atoms with E-state index >= 15 is 0 Å². The van der Waals surface area contributed by atoms with E-state index in [-0.39, 0.29) is 6.42 Å². The summed E-state index contributed by atoms with van der Waals surface area (Å²) in [6, 6.07) is 15.8. The lowest BCUT2D eigenvalue weighted by atomic mass is 10.1. The standard InChI is InChI=1S/C22H19ClN2O3S/c1-28-18-8-6-13(10-16(18)23)12-24-17-11-14(7-9-20(26)27)25-22-21(17)15-4-2-3-5-19(15)29-22/h2-6,8,10-11H,7,9,12H2,1H3,(H,24,25)(H,26,27). The number of aliphatic carboxylic acids is 1. The topological polar surface area (TPSA) is 71.5 Å². The highest BCUT2D eigenvalue weighted by Crippen LogP contribution is 2.38. The summed E-state index contributed by atoms with van der Waals surface area (Å²) >= 11 is 7.86. The maximum absolute atomic E-state index is 11.0. The quantitative estimate of drug-likeness (QED) is 0.394. The molecule has 0 saturated carbocycles. The second-order valence-corrected chi connectivity index (χ2v) is 8.09. The number of hydrogen-bond donors (Lipinski definition) is 2. The number of ether oxygens (including phenoxy) is 1. The lowest BCUT2D eigenvalue weighted by Gasteiger charge is -2.12. The Morgan fingerprint density at radius 2 is 2.07 bits per heavy atom. The van der Waals surface area contributed by atoms with Crippen LogP contribution in [0.5, 0.6) is 5.75 Å². The maximum Gasteiger partial charge on any atom is 0.303 e. The maximum atomic E-state index is 11.0. The highest BCUT2D eigenvalue weighted by molar-refractivity contribution is 7.25. The molecular weight excluding hydrogens is 408 g/mol. The van der Waals surface area contributed by atoms with Crippen LogP contribution in [0.3, 0.4) is 0 Å². The number of nitrogens with one attached hydrogen (secondary N) is 1. The van der Waals surface area contributed by atoms with E-state index in [1.54, 1.807) is 18.4 Å². The zero-order valence-electron chi connectivity index (χ0n) is 15.7. The summed E-state index contributed by atoms with van der Waals surface area (Å²) in [6.45, 7) is 0.575. The average Bonchev–Trinajstić information content (AvgIpc) is 3.09. The number of aryl methyl sites for hydroxylation is 1. The minimum atomic E-state index is -0.828. The van der Waals surface area contributed by atoms with Gasteiger partial charge in [-0.15, -0.1) is 11.3 Å². The fourth-order valence-electron chi connectivity index (χ4n) is 3.29. The molecule has 0 aliphatic heterocycles. The van der Waals surface area contributed by atoms with E-state index in [1.165, 1.54) is 0 Å². The third-order valence-corrected chi connectivity index (χ3v) is 6.06. The molecule has 5 nitrogen and oxygen atoms in total. The number of carbonyl (C=O) groups is 1. The Bertz CT molecular complexity index is 1210. The highest BCUT2D eigenvalue weighted by Gasteiger charge is 2.13. The Balaban J connectivity index is 1.72. The molecule has 0 aliphatic rings. The van der Waals surface area contributed by atoms with Gasteiger partial charge in [-0.2, -0.15) is 0 Å². The van der Waals surface area contributed by atoms with Crippen LogP contribution in [-0.4, -0.2) is 23.2 Å². The number of benzene rings is 2. The summed E-state index contributed by atoms with van der Waals surface area (Å²) in [5.74, 6) is -0.188. The van der Waals surface area contributed by atoms with Gasteiger partial charge >= 0.3 is 5.97 Å². The van der Waals surface area contributed by atoms with E-state index in [2.05, 4.69) is 17.4 Å². The van der Waals surface area contributed by atoms with Gasteiger partial charge in [0.05, 0.1) is 18.6 Å². The Hall–Kier alpha value is -2.83. The van der Waals surface area contributed by atoms with Gasteiger partial charge in [-0.3, -0.25) is 4.79 Å². The number of nitrogens with zero attached hydrogens (tertiary/aromatic N) is 1. The van der Waals surface area contributed by atoms with Crippen molar-refractivity contribution in [1.82, 2.24) is 4.98 Å². The number of rotatable bonds is 7. The first-order valence-electron chi connectivity index (χ1n) is 9.14. The number of fused-ring (bicyclic) bond motifs is 3. The van der Waals surface area contributed by atoms with Gasteiger partial charge in [0.15, 0.2) is 0 Å². The monoisotopic (exact) mass is 426 g/mol. The van der Waals surface area contributed by atoms with Crippen molar-refractivity contribution in [3.63, 3.8) is 0 Å². The van der Waals surface area contributed by atoms with E-state index in [1.807, 2.05) is 36.4 Å².